The van der Waals surface area contributed by atoms with Crippen LogP contribution >= 0.6 is 0 Å². The van der Waals surface area contributed by atoms with Crippen molar-refractivity contribution < 1.29 is 9.59 Å². The summed E-state index contributed by atoms with van der Waals surface area (Å²) in [7, 11) is 0. The maximum atomic E-state index is 11.8. The quantitative estimate of drug-likeness (QED) is 0.328. The number of unbranched alkanes of at least 4 members (excludes halogenated alkanes) is 11. The number of hydrogen-bond donors (Lipinski definition) is 2. The third kappa shape index (κ3) is 12.6. The van der Waals surface area contributed by atoms with E-state index >= 15 is 0 Å². The van der Waals surface area contributed by atoms with Crippen LogP contribution in [0.3, 0.4) is 0 Å². The number of rotatable bonds is 15. The fourth-order valence-electron chi connectivity index (χ4n) is 3.31. The molecular weight excluding hydrogens is 352 g/mol. The molecule has 0 aromatic heterocycles. The van der Waals surface area contributed by atoms with Crippen molar-refractivity contribution in [3.8, 4) is 0 Å². The van der Waals surface area contributed by atoms with Gasteiger partial charge in [0, 0.05) is 18.7 Å². The molecule has 1 aliphatic heterocycles. The van der Waals surface area contributed by atoms with Gasteiger partial charge < -0.3 is 5.32 Å². The average molecular weight is 393 g/mol. The van der Waals surface area contributed by atoms with E-state index in [1.165, 1.54) is 64.2 Å². The summed E-state index contributed by atoms with van der Waals surface area (Å²) in [4.78, 5) is 31.5. The first-order valence-electron chi connectivity index (χ1n) is 11.4. The number of carbonyl (C=O) groups is 2. The molecule has 0 aromatic rings. The zero-order chi connectivity index (χ0) is 20.5. The number of amides is 4. The van der Waals surface area contributed by atoms with Gasteiger partial charge in [0.2, 0.25) is 0 Å². The van der Waals surface area contributed by atoms with Gasteiger partial charge in [-0.1, -0.05) is 84.5 Å². The van der Waals surface area contributed by atoms with E-state index in [0.717, 1.165) is 31.4 Å². The fourth-order valence-corrected chi connectivity index (χ4v) is 3.31. The van der Waals surface area contributed by atoms with Gasteiger partial charge >= 0.3 is 12.1 Å². The Morgan fingerprint density at radius 3 is 2.11 bits per heavy atom. The molecule has 0 aromatic carbocycles. The van der Waals surface area contributed by atoms with Gasteiger partial charge in [-0.15, -0.1) is 0 Å². The largest absolute Gasteiger partial charge is 0.346 e. The van der Waals surface area contributed by atoms with Crippen LogP contribution in [0.5, 0.6) is 0 Å². The average Bonchev–Trinajstić information content (AvgIpc) is 2.66. The first-order chi connectivity index (χ1) is 13.7. The summed E-state index contributed by atoms with van der Waals surface area (Å²) in [5.74, 6) is 0.409. The van der Waals surface area contributed by atoms with E-state index < -0.39 is 6.03 Å². The Morgan fingerprint density at radius 2 is 1.50 bits per heavy atom. The fraction of sp³-hybridized carbons (Fsp3) is 0.818. The zero-order valence-corrected chi connectivity index (χ0v) is 18.0. The Bertz CT molecular complexity index is 515. The number of hydrogen-bond acceptors (Lipinski definition) is 2. The Morgan fingerprint density at radius 1 is 0.929 bits per heavy atom. The lowest BCUT2D eigenvalue weighted by Gasteiger charge is -2.14. The van der Waals surface area contributed by atoms with Gasteiger partial charge in [0.15, 0.2) is 0 Å². The second-order valence-corrected chi connectivity index (χ2v) is 7.71. The molecule has 0 aliphatic carbocycles. The van der Waals surface area contributed by atoms with Crippen molar-refractivity contribution in [1.29, 1.82) is 0 Å². The minimum Gasteiger partial charge on any atom is -0.336 e. The highest BCUT2D eigenvalue weighted by atomic mass is 16.2. The first kappa shape index (κ1) is 24.3. The van der Waals surface area contributed by atoms with Gasteiger partial charge in [-0.3, -0.25) is 5.32 Å². The predicted octanol–water partition coefficient (Wildman–Crippen LogP) is 6.15. The number of carbonyl (C=O) groups excluding carboxylic acids is 2. The maximum Gasteiger partial charge on any atom is 0.346 e. The predicted molar refractivity (Wildman–Crippen MR) is 117 cm³/mol. The molecule has 0 radical (unpaired) electrons. The van der Waals surface area contributed by atoms with Gasteiger partial charge in [0.05, 0.1) is 0 Å². The standard InChI is InChI=1S/C22H40N4O2/c1-3-5-7-8-9-10-11-12-13-14-15-16-19-18-20(26-22(28)24-19)25-21(27)23-17-6-4-2/h3-18H2,1-2H3,(H2,23,25,26,27,28). The van der Waals surface area contributed by atoms with Crippen molar-refractivity contribution in [2.24, 2.45) is 9.98 Å². The van der Waals surface area contributed by atoms with Crippen molar-refractivity contribution in [2.75, 3.05) is 6.54 Å². The molecule has 4 amide bonds. The summed E-state index contributed by atoms with van der Waals surface area (Å²) < 4.78 is 0. The molecule has 160 valence electrons. The van der Waals surface area contributed by atoms with E-state index in [-0.39, 0.29) is 6.03 Å². The first-order valence-corrected chi connectivity index (χ1v) is 11.4. The number of amidine groups is 1. The van der Waals surface area contributed by atoms with Crippen LogP contribution in [-0.2, 0) is 0 Å². The van der Waals surface area contributed by atoms with Gasteiger partial charge in [-0.25, -0.2) is 14.6 Å². The van der Waals surface area contributed by atoms with Crippen LogP contribution < -0.4 is 10.6 Å². The van der Waals surface area contributed by atoms with Crippen LogP contribution in [0.4, 0.5) is 9.59 Å². The Kier molecular flexibility index (Phi) is 14.1. The minimum absolute atomic E-state index is 0.389. The normalized spacial score (nSPS) is 15.4. The molecular formula is C22H40N4O2. The Labute approximate surface area is 171 Å². The van der Waals surface area contributed by atoms with Gasteiger partial charge in [-0.2, -0.15) is 4.99 Å². The summed E-state index contributed by atoms with van der Waals surface area (Å²) in [5, 5.41) is 5.31. The lowest BCUT2D eigenvalue weighted by molar-refractivity contribution is 0.249. The Hall–Kier alpha value is -1.72. The van der Waals surface area contributed by atoms with Gasteiger partial charge in [0.25, 0.3) is 0 Å². The number of nitrogens with zero attached hydrogens (tertiary/aromatic N) is 2. The summed E-state index contributed by atoms with van der Waals surface area (Å²) >= 11 is 0. The van der Waals surface area contributed by atoms with E-state index in [0.29, 0.717) is 18.8 Å². The smallest absolute Gasteiger partial charge is 0.336 e. The van der Waals surface area contributed by atoms with Crippen molar-refractivity contribution in [1.82, 2.24) is 10.6 Å². The highest BCUT2D eigenvalue weighted by Gasteiger charge is 2.17. The second-order valence-electron chi connectivity index (χ2n) is 7.71. The third-order valence-corrected chi connectivity index (χ3v) is 4.99. The van der Waals surface area contributed by atoms with E-state index in [4.69, 9.17) is 0 Å². The minimum atomic E-state index is -0.413. The molecule has 6 heteroatoms. The van der Waals surface area contributed by atoms with Gasteiger partial charge in [0.1, 0.15) is 5.84 Å². The molecule has 28 heavy (non-hydrogen) atoms. The third-order valence-electron chi connectivity index (χ3n) is 4.99. The number of urea groups is 2. The maximum absolute atomic E-state index is 11.8. The molecule has 0 saturated heterocycles. The highest BCUT2D eigenvalue weighted by Crippen LogP contribution is 2.13. The summed E-state index contributed by atoms with van der Waals surface area (Å²) in [6, 6.07) is -0.802. The molecule has 0 bridgehead atoms. The summed E-state index contributed by atoms with van der Waals surface area (Å²) in [6.07, 6.45) is 17.5. The van der Waals surface area contributed by atoms with Crippen molar-refractivity contribution in [3.05, 3.63) is 0 Å². The molecule has 0 spiro atoms. The monoisotopic (exact) mass is 392 g/mol. The van der Waals surface area contributed by atoms with Gasteiger partial charge in [-0.05, 0) is 19.3 Å². The van der Waals surface area contributed by atoms with E-state index in [9.17, 15) is 9.59 Å². The van der Waals surface area contributed by atoms with Crippen molar-refractivity contribution >= 4 is 23.6 Å². The zero-order valence-electron chi connectivity index (χ0n) is 18.0. The second kappa shape index (κ2) is 16.3. The molecule has 0 atom stereocenters. The highest BCUT2D eigenvalue weighted by molar-refractivity contribution is 6.17. The van der Waals surface area contributed by atoms with Crippen LogP contribution in [0.15, 0.2) is 9.98 Å². The molecule has 1 heterocycles. The summed E-state index contributed by atoms with van der Waals surface area (Å²) in [6.45, 7) is 4.93. The van der Waals surface area contributed by atoms with Crippen molar-refractivity contribution in [2.45, 2.75) is 110 Å². The molecule has 1 rings (SSSR count). The van der Waals surface area contributed by atoms with E-state index in [1.807, 2.05) is 0 Å². The number of nitrogens with one attached hydrogen (secondary N) is 2. The Balaban J connectivity index is 2.14. The number of aliphatic imine (C=N–C) groups is 2. The van der Waals surface area contributed by atoms with Crippen LogP contribution in [0.2, 0.25) is 0 Å². The topological polar surface area (TPSA) is 82.9 Å². The van der Waals surface area contributed by atoms with E-state index in [1.54, 1.807) is 0 Å². The molecule has 6 nitrogen and oxygen atoms in total. The molecule has 0 fully saturated rings. The SMILES string of the molecule is CCCCCCCCCCCCCC1=NC(=O)N/C(=N/C(=O)NCCCC)C1. The summed E-state index contributed by atoms with van der Waals surface area (Å²) in [5.41, 5.74) is 0.833. The lowest BCUT2D eigenvalue weighted by Crippen LogP contribution is -2.37. The van der Waals surface area contributed by atoms with E-state index in [2.05, 4.69) is 34.5 Å². The van der Waals surface area contributed by atoms with Crippen LogP contribution in [0, 0.1) is 0 Å². The van der Waals surface area contributed by atoms with Crippen LogP contribution in [0.25, 0.3) is 0 Å². The van der Waals surface area contributed by atoms with Crippen LogP contribution in [-0.4, -0.2) is 30.2 Å². The molecule has 0 unspecified atom stereocenters. The van der Waals surface area contributed by atoms with Crippen molar-refractivity contribution in [3.63, 3.8) is 0 Å². The molecule has 1 aliphatic rings. The van der Waals surface area contributed by atoms with Crippen LogP contribution in [0.1, 0.15) is 110 Å². The molecule has 2 N–H and O–H groups in total. The lowest BCUT2D eigenvalue weighted by atomic mass is 10.0. The molecule has 0 saturated carbocycles.